The number of nitrogens with zero attached hydrogens (tertiary/aromatic N) is 4. The Balaban J connectivity index is 1.82. The van der Waals surface area contributed by atoms with Gasteiger partial charge in [0.25, 0.3) is 0 Å². The fourth-order valence-corrected chi connectivity index (χ4v) is 2.77. The lowest BCUT2D eigenvalue weighted by Crippen LogP contribution is -2.10. The zero-order valence-corrected chi connectivity index (χ0v) is 14.6. The summed E-state index contributed by atoms with van der Waals surface area (Å²) in [5, 5.41) is 6.30. The molecular weight excluding hydrogens is 353 g/mol. The molecule has 0 aliphatic heterocycles. The highest BCUT2D eigenvalue weighted by atomic mass is 19.1. The van der Waals surface area contributed by atoms with Gasteiger partial charge < -0.3 is 14.0 Å². The highest BCUT2D eigenvalue weighted by molar-refractivity contribution is 5.73. The first kappa shape index (κ1) is 16.8. The minimum atomic E-state index is -0.493. The van der Waals surface area contributed by atoms with Crippen LogP contribution in [0.2, 0.25) is 0 Å². The number of H-pyrrole nitrogens is 1. The van der Waals surface area contributed by atoms with Gasteiger partial charge in [0.1, 0.15) is 29.7 Å². The van der Waals surface area contributed by atoms with Crippen molar-refractivity contribution in [3.05, 3.63) is 65.0 Å². The van der Waals surface area contributed by atoms with Gasteiger partial charge in [0.15, 0.2) is 5.65 Å². The van der Waals surface area contributed by atoms with Crippen LogP contribution in [0.25, 0.3) is 16.8 Å². The average Bonchev–Trinajstić information content (AvgIpc) is 3.24. The molecule has 138 valence electrons. The quantitative estimate of drug-likeness (QED) is 0.583. The van der Waals surface area contributed by atoms with E-state index in [9.17, 15) is 9.18 Å². The van der Waals surface area contributed by atoms with Gasteiger partial charge in [0, 0.05) is 48.9 Å². The third kappa shape index (κ3) is 3.03. The van der Waals surface area contributed by atoms with E-state index in [1.807, 2.05) is 11.6 Å². The second-order valence-electron chi connectivity index (χ2n) is 5.90. The summed E-state index contributed by atoms with van der Waals surface area (Å²) in [6.07, 6.45) is 4.97. The molecule has 0 unspecified atom stereocenters. The number of imidazole rings is 1. The van der Waals surface area contributed by atoms with E-state index in [0.29, 0.717) is 28.5 Å². The molecule has 0 aliphatic carbocycles. The number of hydrogen-bond donors (Lipinski definition) is 1. The van der Waals surface area contributed by atoms with Gasteiger partial charge in [-0.25, -0.2) is 23.7 Å². The van der Waals surface area contributed by atoms with Gasteiger partial charge >= 0.3 is 5.69 Å². The smallest absolute Gasteiger partial charge is 0.347 e. The molecule has 0 bridgehead atoms. The summed E-state index contributed by atoms with van der Waals surface area (Å²) in [4.78, 5) is 16.1. The molecule has 3 aromatic heterocycles. The van der Waals surface area contributed by atoms with Crippen LogP contribution in [0.3, 0.4) is 0 Å². The topological polar surface area (TPSA) is 86.4 Å². The molecule has 27 heavy (non-hydrogen) atoms. The molecule has 1 N–H and O–H groups in total. The highest BCUT2D eigenvalue weighted by Crippen LogP contribution is 2.34. The number of benzene rings is 1. The molecule has 9 heteroatoms. The summed E-state index contributed by atoms with van der Waals surface area (Å²) < 4.78 is 28.7. The SMILES string of the molecule is COc1ccc(-c2cn3c(=O)[nH]nc3cc2OCc2nccn2C)c(F)c1. The molecule has 4 rings (SSSR count). The van der Waals surface area contributed by atoms with Crippen molar-refractivity contribution in [1.82, 2.24) is 24.1 Å². The number of halogens is 1. The molecule has 3 heterocycles. The third-order valence-corrected chi connectivity index (χ3v) is 4.26. The number of hydrogen-bond acceptors (Lipinski definition) is 5. The summed E-state index contributed by atoms with van der Waals surface area (Å²) in [6.45, 7) is 0.180. The van der Waals surface area contributed by atoms with Crippen LogP contribution in [-0.4, -0.2) is 31.3 Å². The molecule has 4 aromatic rings. The van der Waals surface area contributed by atoms with Gasteiger partial charge in [-0.1, -0.05) is 0 Å². The van der Waals surface area contributed by atoms with Crippen molar-refractivity contribution in [2.24, 2.45) is 7.05 Å². The van der Waals surface area contributed by atoms with Crippen LogP contribution < -0.4 is 15.2 Å². The van der Waals surface area contributed by atoms with E-state index in [2.05, 4.69) is 15.2 Å². The number of nitrogens with one attached hydrogen (secondary N) is 1. The Bertz CT molecular complexity index is 1180. The van der Waals surface area contributed by atoms with E-state index in [1.54, 1.807) is 30.6 Å². The number of aromatic amines is 1. The maximum absolute atomic E-state index is 14.6. The monoisotopic (exact) mass is 369 g/mol. The maximum Gasteiger partial charge on any atom is 0.347 e. The molecule has 8 nitrogen and oxygen atoms in total. The van der Waals surface area contributed by atoms with Crippen molar-refractivity contribution < 1.29 is 13.9 Å². The molecule has 0 atom stereocenters. The number of pyridine rings is 1. The normalized spacial score (nSPS) is 11.1. The predicted octanol–water partition coefficient (Wildman–Crippen LogP) is 2.15. The predicted molar refractivity (Wildman–Crippen MR) is 95.3 cm³/mol. The van der Waals surface area contributed by atoms with E-state index in [0.717, 1.165) is 0 Å². The van der Waals surface area contributed by atoms with E-state index < -0.39 is 11.5 Å². The van der Waals surface area contributed by atoms with E-state index in [-0.39, 0.29) is 12.2 Å². The van der Waals surface area contributed by atoms with Gasteiger partial charge in [-0.05, 0) is 12.1 Å². The van der Waals surface area contributed by atoms with Crippen LogP contribution in [0.4, 0.5) is 4.39 Å². The molecule has 0 spiro atoms. The van der Waals surface area contributed by atoms with Gasteiger partial charge in [0.2, 0.25) is 0 Å². The number of aryl methyl sites for hydroxylation is 1. The first-order valence-corrected chi connectivity index (χ1v) is 8.10. The van der Waals surface area contributed by atoms with Gasteiger partial charge in [-0.2, -0.15) is 5.10 Å². The summed E-state index contributed by atoms with van der Waals surface area (Å²) in [7, 11) is 3.32. The fraction of sp³-hybridized carbons (Fsp3) is 0.167. The number of fused-ring (bicyclic) bond motifs is 1. The first-order valence-electron chi connectivity index (χ1n) is 8.10. The van der Waals surface area contributed by atoms with Crippen molar-refractivity contribution in [3.8, 4) is 22.6 Å². The molecule has 0 saturated heterocycles. The van der Waals surface area contributed by atoms with Crippen LogP contribution in [0.1, 0.15) is 5.82 Å². The summed E-state index contributed by atoms with van der Waals surface area (Å²) in [5.41, 5.74) is 0.643. The lowest BCUT2D eigenvalue weighted by molar-refractivity contribution is 0.293. The number of aromatic nitrogens is 5. The largest absolute Gasteiger partial charge is 0.497 e. The Labute approximate surface area is 152 Å². The number of methoxy groups -OCH3 is 1. The number of rotatable bonds is 5. The van der Waals surface area contributed by atoms with Gasteiger partial charge in [0.05, 0.1) is 7.11 Å². The fourth-order valence-electron chi connectivity index (χ4n) is 2.77. The molecule has 0 aliphatic rings. The van der Waals surface area contributed by atoms with Crippen LogP contribution in [-0.2, 0) is 13.7 Å². The molecule has 0 fully saturated rings. The maximum atomic E-state index is 14.6. The second kappa shape index (κ2) is 6.60. The lowest BCUT2D eigenvalue weighted by Gasteiger charge is -2.13. The summed E-state index contributed by atoms with van der Waals surface area (Å²) >= 11 is 0. The molecule has 0 saturated carbocycles. The Kier molecular flexibility index (Phi) is 4.11. The van der Waals surface area contributed by atoms with E-state index in [4.69, 9.17) is 9.47 Å². The Morgan fingerprint density at radius 2 is 2.11 bits per heavy atom. The van der Waals surface area contributed by atoms with Gasteiger partial charge in [-0.3, -0.25) is 0 Å². The van der Waals surface area contributed by atoms with Crippen molar-refractivity contribution in [3.63, 3.8) is 0 Å². The van der Waals surface area contributed by atoms with E-state index in [1.165, 1.54) is 23.8 Å². The third-order valence-electron chi connectivity index (χ3n) is 4.26. The second-order valence-corrected chi connectivity index (χ2v) is 5.90. The van der Waals surface area contributed by atoms with Crippen molar-refractivity contribution in [1.29, 1.82) is 0 Å². The molecule has 1 aromatic carbocycles. The van der Waals surface area contributed by atoms with Crippen molar-refractivity contribution in [2.75, 3.05) is 7.11 Å². The van der Waals surface area contributed by atoms with Crippen molar-refractivity contribution in [2.45, 2.75) is 6.61 Å². The van der Waals surface area contributed by atoms with Crippen LogP contribution >= 0.6 is 0 Å². The zero-order valence-electron chi connectivity index (χ0n) is 14.6. The molecular formula is C18H16FN5O3. The Hall–Kier alpha value is -3.62. The molecule has 0 amide bonds. The van der Waals surface area contributed by atoms with Crippen LogP contribution in [0, 0.1) is 5.82 Å². The van der Waals surface area contributed by atoms with Crippen molar-refractivity contribution >= 4 is 5.65 Å². The number of ether oxygens (including phenoxy) is 2. The summed E-state index contributed by atoms with van der Waals surface area (Å²) in [5.74, 6) is 0.990. The lowest BCUT2D eigenvalue weighted by atomic mass is 10.1. The van der Waals surface area contributed by atoms with E-state index >= 15 is 0 Å². The molecule has 0 radical (unpaired) electrons. The van der Waals surface area contributed by atoms with Gasteiger partial charge in [-0.15, -0.1) is 0 Å². The Morgan fingerprint density at radius 3 is 2.81 bits per heavy atom. The average molecular weight is 369 g/mol. The van der Waals surface area contributed by atoms with Crippen LogP contribution in [0.15, 0.2) is 47.7 Å². The standard InChI is InChI=1S/C18H16FN5O3/c1-23-6-5-20-17(23)10-27-15-8-16-21-22-18(25)24(16)9-13(15)12-4-3-11(26-2)7-14(12)19/h3-9H,10H2,1-2H3,(H,22,25). The first-order chi connectivity index (χ1) is 13.1. The summed E-state index contributed by atoms with van der Waals surface area (Å²) in [6, 6.07) is 6.08. The van der Waals surface area contributed by atoms with Crippen LogP contribution in [0.5, 0.6) is 11.5 Å². The zero-order chi connectivity index (χ0) is 19.0. The minimum absolute atomic E-state index is 0.180. The Morgan fingerprint density at radius 1 is 1.26 bits per heavy atom. The minimum Gasteiger partial charge on any atom is -0.497 e. The highest BCUT2D eigenvalue weighted by Gasteiger charge is 2.16.